The van der Waals surface area contributed by atoms with Crippen LogP contribution >= 0.6 is 11.3 Å². The van der Waals surface area contributed by atoms with Crippen molar-refractivity contribution in [2.75, 3.05) is 11.5 Å². The van der Waals surface area contributed by atoms with Gasteiger partial charge in [0.25, 0.3) is 5.70 Å². The number of nitrogens with zero attached hydrogens (tertiary/aromatic N) is 1. The summed E-state index contributed by atoms with van der Waals surface area (Å²) >= 11 is 1.40. The van der Waals surface area contributed by atoms with Crippen molar-refractivity contribution in [2.45, 2.75) is 6.92 Å². The van der Waals surface area contributed by atoms with Gasteiger partial charge in [-0.1, -0.05) is 0 Å². The molecule has 2 rings (SSSR count). The molecule has 98 valence electrons. The molecule has 19 heavy (non-hydrogen) atoms. The minimum atomic E-state index is -0.395. The fourth-order valence-corrected chi connectivity index (χ4v) is 2.71. The lowest BCUT2D eigenvalue weighted by molar-refractivity contribution is -0.375. The molecule has 6 heteroatoms. The number of hydrogen-bond acceptors (Lipinski definition) is 5. The van der Waals surface area contributed by atoms with Gasteiger partial charge >= 0.3 is 0 Å². The lowest BCUT2D eigenvalue weighted by Gasteiger charge is -2.07. The molecule has 0 fully saturated rings. The van der Waals surface area contributed by atoms with E-state index in [2.05, 4.69) is 0 Å². The molecule has 1 aromatic carbocycles. The average Bonchev–Trinajstić information content (AvgIpc) is 2.81. The Balaban J connectivity index is 2.62. The molecule has 0 aliphatic carbocycles. The molecule has 0 aliphatic heterocycles. The molecule has 0 atom stereocenters. The molecule has 0 bridgehead atoms. The quantitative estimate of drug-likeness (QED) is 0.510. The zero-order valence-electron chi connectivity index (χ0n) is 10.3. The number of rotatable bonds is 3. The Morgan fingerprint density at radius 1 is 1.32 bits per heavy atom. The summed E-state index contributed by atoms with van der Waals surface area (Å²) in [5.41, 5.74) is 14.9. The maximum atomic E-state index is 11.1. The number of anilines is 2. The summed E-state index contributed by atoms with van der Waals surface area (Å²) in [7, 11) is 0. The minimum Gasteiger partial charge on any atom is -0.399 e. The number of benzene rings is 1. The molecule has 0 saturated heterocycles. The highest BCUT2D eigenvalue weighted by molar-refractivity contribution is 7.08. The van der Waals surface area contributed by atoms with Crippen LogP contribution in [0.3, 0.4) is 0 Å². The van der Waals surface area contributed by atoms with E-state index in [9.17, 15) is 10.1 Å². The third kappa shape index (κ3) is 2.43. The van der Waals surface area contributed by atoms with Gasteiger partial charge < -0.3 is 11.5 Å². The molecule has 5 nitrogen and oxygen atoms in total. The number of thiophene rings is 1. The summed E-state index contributed by atoms with van der Waals surface area (Å²) in [5.74, 6) is 0. The molecule has 4 N–H and O–H groups in total. The van der Waals surface area contributed by atoms with Gasteiger partial charge in [0, 0.05) is 27.9 Å². The molecule has 2 aromatic rings. The Hall–Kier alpha value is -2.34. The largest absolute Gasteiger partial charge is 0.399 e. The highest BCUT2D eigenvalue weighted by Gasteiger charge is 2.20. The molecular formula is C13H13N3O2S. The van der Waals surface area contributed by atoms with Crippen LogP contribution in [-0.2, 0) is 0 Å². The standard InChI is InChI=1S/C13H13N3O2S/c1-2-13(16(17)18)11-7-19-6-10(11)9-5-8(14)3-4-12(9)15/h2-7H,14-15H2,1H3/b13-2-. The van der Waals surface area contributed by atoms with Crippen molar-refractivity contribution in [3.8, 4) is 11.1 Å². The van der Waals surface area contributed by atoms with E-state index < -0.39 is 4.92 Å². The van der Waals surface area contributed by atoms with Gasteiger partial charge in [0.2, 0.25) is 0 Å². The molecule has 0 saturated carbocycles. The Kier molecular flexibility index (Phi) is 3.52. The van der Waals surface area contributed by atoms with E-state index in [4.69, 9.17) is 11.5 Å². The normalized spacial score (nSPS) is 11.5. The van der Waals surface area contributed by atoms with Crippen LogP contribution in [-0.4, -0.2) is 4.92 Å². The topological polar surface area (TPSA) is 95.2 Å². The van der Waals surface area contributed by atoms with Gasteiger partial charge in [-0.2, -0.15) is 11.3 Å². The fourth-order valence-electron chi connectivity index (χ4n) is 1.87. The van der Waals surface area contributed by atoms with Crippen molar-refractivity contribution in [3.05, 3.63) is 50.7 Å². The van der Waals surface area contributed by atoms with E-state index in [1.807, 2.05) is 5.38 Å². The first-order chi connectivity index (χ1) is 9.04. The van der Waals surface area contributed by atoms with Crippen molar-refractivity contribution < 1.29 is 4.92 Å². The van der Waals surface area contributed by atoms with Crippen LogP contribution in [0.5, 0.6) is 0 Å². The number of hydrogen-bond donors (Lipinski definition) is 2. The summed E-state index contributed by atoms with van der Waals surface area (Å²) in [4.78, 5) is 10.7. The van der Waals surface area contributed by atoms with E-state index >= 15 is 0 Å². The Morgan fingerprint density at radius 2 is 2.05 bits per heavy atom. The summed E-state index contributed by atoms with van der Waals surface area (Å²) in [5, 5.41) is 14.6. The summed E-state index contributed by atoms with van der Waals surface area (Å²) < 4.78 is 0. The minimum absolute atomic E-state index is 0.0677. The number of nitrogen functional groups attached to an aromatic ring is 2. The van der Waals surface area contributed by atoms with Crippen molar-refractivity contribution in [3.63, 3.8) is 0 Å². The van der Waals surface area contributed by atoms with Crippen LogP contribution in [0.2, 0.25) is 0 Å². The molecule has 0 radical (unpaired) electrons. The SMILES string of the molecule is C/C=C(/c1cscc1-c1cc(N)ccc1N)[N+](=O)[O-]. The number of allylic oxidation sites excluding steroid dienone is 1. The Labute approximate surface area is 114 Å². The van der Waals surface area contributed by atoms with E-state index in [1.165, 1.54) is 17.4 Å². The predicted octanol–water partition coefficient (Wildman–Crippen LogP) is 3.22. The van der Waals surface area contributed by atoms with Crippen LogP contribution in [0.25, 0.3) is 16.8 Å². The van der Waals surface area contributed by atoms with Gasteiger partial charge in [-0.15, -0.1) is 0 Å². The lowest BCUT2D eigenvalue weighted by atomic mass is 10.0. The highest BCUT2D eigenvalue weighted by Crippen LogP contribution is 2.36. The predicted molar refractivity (Wildman–Crippen MR) is 79.2 cm³/mol. The van der Waals surface area contributed by atoms with Gasteiger partial charge in [0.1, 0.15) is 0 Å². The first-order valence-electron chi connectivity index (χ1n) is 5.57. The van der Waals surface area contributed by atoms with Gasteiger partial charge in [0.05, 0.1) is 10.5 Å². The Morgan fingerprint density at radius 3 is 2.68 bits per heavy atom. The molecule has 0 spiro atoms. The summed E-state index contributed by atoms with van der Waals surface area (Å²) in [6.07, 6.45) is 1.48. The van der Waals surface area contributed by atoms with Crippen LogP contribution in [0.4, 0.5) is 11.4 Å². The van der Waals surface area contributed by atoms with Crippen LogP contribution < -0.4 is 11.5 Å². The Bertz CT molecular complexity index is 662. The molecule has 0 aliphatic rings. The first-order valence-corrected chi connectivity index (χ1v) is 6.51. The monoisotopic (exact) mass is 275 g/mol. The van der Waals surface area contributed by atoms with Gasteiger partial charge in [0.15, 0.2) is 0 Å². The molecular weight excluding hydrogens is 262 g/mol. The zero-order chi connectivity index (χ0) is 14.0. The van der Waals surface area contributed by atoms with Gasteiger partial charge in [-0.3, -0.25) is 10.1 Å². The molecule has 0 amide bonds. The van der Waals surface area contributed by atoms with Crippen LogP contribution in [0.1, 0.15) is 12.5 Å². The van der Waals surface area contributed by atoms with Crippen molar-refractivity contribution >= 4 is 28.4 Å². The molecule has 1 heterocycles. The highest BCUT2D eigenvalue weighted by atomic mass is 32.1. The van der Waals surface area contributed by atoms with Crippen LogP contribution in [0.15, 0.2) is 35.0 Å². The number of nitrogens with two attached hydrogens (primary N) is 2. The first kappa shape index (κ1) is 13.1. The number of nitro groups is 1. The maximum Gasteiger partial charge on any atom is 0.273 e. The second kappa shape index (κ2) is 5.11. The second-order valence-electron chi connectivity index (χ2n) is 3.98. The summed E-state index contributed by atoms with van der Waals surface area (Å²) in [6.45, 7) is 1.64. The molecule has 0 unspecified atom stereocenters. The van der Waals surface area contributed by atoms with Crippen molar-refractivity contribution in [1.82, 2.24) is 0 Å². The second-order valence-corrected chi connectivity index (χ2v) is 4.72. The van der Waals surface area contributed by atoms with Crippen LogP contribution in [0, 0.1) is 10.1 Å². The third-order valence-electron chi connectivity index (χ3n) is 2.78. The third-order valence-corrected chi connectivity index (χ3v) is 3.52. The smallest absolute Gasteiger partial charge is 0.273 e. The molecule has 1 aromatic heterocycles. The van der Waals surface area contributed by atoms with E-state index in [0.29, 0.717) is 16.9 Å². The van der Waals surface area contributed by atoms with E-state index in [0.717, 1.165) is 11.1 Å². The summed E-state index contributed by atoms with van der Waals surface area (Å²) in [6, 6.07) is 5.14. The van der Waals surface area contributed by atoms with E-state index in [-0.39, 0.29) is 5.70 Å². The van der Waals surface area contributed by atoms with Crippen molar-refractivity contribution in [2.24, 2.45) is 0 Å². The zero-order valence-corrected chi connectivity index (χ0v) is 11.1. The lowest BCUT2D eigenvalue weighted by Crippen LogP contribution is -1.99. The van der Waals surface area contributed by atoms with Crippen molar-refractivity contribution in [1.29, 1.82) is 0 Å². The van der Waals surface area contributed by atoms with E-state index in [1.54, 1.807) is 30.5 Å². The average molecular weight is 275 g/mol. The maximum absolute atomic E-state index is 11.1. The van der Waals surface area contributed by atoms with Gasteiger partial charge in [-0.05, 0) is 36.6 Å². The van der Waals surface area contributed by atoms with Gasteiger partial charge in [-0.25, -0.2) is 0 Å². The fraction of sp³-hybridized carbons (Fsp3) is 0.0769.